The van der Waals surface area contributed by atoms with E-state index in [4.69, 9.17) is 4.84 Å². The van der Waals surface area contributed by atoms with Crippen molar-refractivity contribution in [2.45, 2.75) is 32.9 Å². The lowest BCUT2D eigenvalue weighted by atomic mass is 10.3. The first-order chi connectivity index (χ1) is 6.02. The molecule has 0 aliphatic heterocycles. The molecule has 5 heteroatoms. The Morgan fingerprint density at radius 1 is 1.54 bits per heavy atom. The Hall–Kier alpha value is -0.650. The zero-order chi connectivity index (χ0) is 10.3. The second-order valence-corrected chi connectivity index (χ2v) is 3.19. The normalized spacial score (nSPS) is 13.0. The minimum Gasteiger partial charge on any atom is -0.389 e. The third kappa shape index (κ3) is 9.26. The topological polar surface area (TPSA) is 70.6 Å². The molecule has 0 bridgehead atoms. The number of rotatable bonds is 6. The Morgan fingerprint density at radius 3 is 2.62 bits per heavy atom. The van der Waals surface area contributed by atoms with Crippen LogP contribution < -0.4 is 10.8 Å². The van der Waals surface area contributed by atoms with Gasteiger partial charge in [-0.1, -0.05) is 13.8 Å². The molecule has 0 spiro atoms. The third-order valence-electron chi connectivity index (χ3n) is 1.25. The number of hydroxylamine groups is 1. The molecule has 0 rings (SSSR count). The fourth-order valence-corrected chi connectivity index (χ4v) is 0.670. The van der Waals surface area contributed by atoms with E-state index in [1.165, 1.54) is 6.92 Å². The predicted octanol–water partition coefficient (Wildman–Crippen LogP) is -0.587. The standard InChI is InChI=1S/C8H18N2O3/c1-6(2)9-4-8(12)5-13-10-7(3)11/h6,8-9,12H,4-5H2,1-3H3,(H,10,11). The van der Waals surface area contributed by atoms with Crippen molar-refractivity contribution in [1.29, 1.82) is 0 Å². The molecule has 0 aliphatic carbocycles. The van der Waals surface area contributed by atoms with E-state index in [1.807, 2.05) is 13.8 Å². The molecule has 0 aliphatic rings. The summed E-state index contributed by atoms with van der Waals surface area (Å²) in [5, 5.41) is 12.3. The Morgan fingerprint density at radius 2 is 2.15 bits per heavy atom. The molecular weight excluding hydrogens is 172 g/mol. The summed E-state index contributed by atoms with van der Waals surface area (Å²) < 4.78 is 0. The van der Waals surface area contributed by atoms with Crippen LogP contribution in [0.5, 0.6) is 0 Å². The molecule has 3 N–H and O–H groups in total. The predicted molar refractivity (Wildman–Crippen MR) is 48.9 cm³/mol. The number of amides is 1. The number of hydrogen-bond donors (Lipinski definition) is 3. The summed E-state index contributed by atoms with van der Waals surface area (Å²) in [5.74, 6) is -0.274. The van der Waals surface area contributed by atoms with E-state index in [2.05, 4.69) is 10.8 Å². The zero-order valence-electron chi connectivity index (χ0n) is 8.33. The van der Waals surface area contributed by atoms with Crippen molar-refractivity contribution >= 4 is 5.91 Å². The van der Waals surface area contributed by atoms with Crippen molar-refractivity contribution < 1.29 is 14.7 Å². The van der Waals surface area contributed by atoms with Crippen LogP contribution in [0.15, 0.2) is 0 Å². The largest absolute Gasteiger partial charge is 0.389 e. The summed E-state index contributed by atoms with van der Waals surface area (Å²) in [4.78, 5) is 15.1. The van der Waals surface area contributed by atoms with Gasteiger partial charge in [0, 0.05) is 19.5 Å². The molecule has 78 valence electrons. The lowest BCUT2D eigenvalue weighted by molar-refractivity contribution is -0.133. The van der Waals surface area contributed by atoms with E-state index in [0.717, 1.165) is 0 Å². The van der Waals surface area contributed by atoms with E-state index in [-0.39, 0.29) is 12.5 Å². The quantitative estimate of drug-likeness (QED) is 0.490. The van der Waals surface area contributed by atoms with Gasteiger partial charge >= 0.3 is 0 Å². The van der Waals surface area contributed by atoms with Gasteiger partial charge in [-0.05, 0) is 0 Å². The van der Waals surface area contributed by atoms with Gasteiger partial charge in [-0.3, -0.25) is 9.63 Å². The number of aliphatic hydroxyl groups is 1. The van der Waals surface area contributed by atoms with E-state index in [9.17, 15) is 9.90 Å². The average molecular weight is 190 g/mol. The Bertz CT molecular complexity index is 150. The van der Waals surface area contributed by atoms with Crippen LogP contribution in [-0.4, -0.2) is 36.3 Å². The highest BCUT2D eigenvalue weighted by Gasteiger charge is 2.04. The van der Waals surface area contributed by atoms with Crippen LogP contribution in [0.3, 0.4) is 0 Å². The number of carbonyl (C=O) groups is 1. The molecule has 13 heavy (non-hydrogen) atoms. The van der Waals surface area contributed by atoms with Crippen LogP contribution in [0, 0.1) is 0 Å². The molecule has 0 saturated heterocycles. The Labute approximate surface area is 78.4 Å². The molecule has 5 nitrogen and oxygen atoms in total. The summed E-state index contributed by atoms with van der Waals surface area (Å²) in [6, 6.07) is 0.329. The van der Waals surface area contributed by atoms with Gasteiger partial charge < -0.3 is 10.4 Å². The van der Waals surface area contributed by atoms with Crippen molar-refractivity contribution in [2.75, 3.05) is 13.2 Å². The lowest BCUT2D eigenvalue weighted by Crippen LogP contribution is -2.36. The number of carbonyl (C=O) groups excluding carboxylic acids is 1. The van der Waals surface area contributed by atoms with Crippen LogP contribution in [-0.2, 0) is 9.63 Å². The average Bonchev–Trinajstić information content (AvgIpc) is 2.00. The zero-order valence-corrected chi connectivity index (χ0v) is 8.33. The maximum atomic E-state index is 10.4. The first-order valence-electron chi connectivity index (χ1n) is 4.32. The van der Waals surface area contributed by atoms with Crippen molar-refractivity contribution in [3.63, 3.8) is 0 Å². The van der Waals surface area contributed by atoms with Crippen molar-refractivity contribution in [3.8, 4) is 0 Å². The molecule has 1 unspecified atom stereocenters. The second-order valence-electron chi connectivity index (χ2n) is 3.19. The fraction of sp³-hybridized carbons (Fsp3) is 0.875. The number of nitrogens with one attached hydrogen (secondary N) is 2. The monoisotopic (exact) mass is 190 g/mol. The smallest absolute Gasteiger partial charge is 0.240 e. The summed E-state index contributed by atoms with van der Waals surface area (Å²) in [6.07, 6.45) is -0.603. The molecule has 0 aromatic carbocycles. The van der Waals surface area contributed by atoms with Crippen LogP contribution >= 0.6 is 0 Å². The maximum Gasteiger partial charge on any atom is 0.240 e. The highest BCUT2D eigenvalue weighted by Crippen LogP contribution is 1.83. The van der Waals surface area contributed by atoms with Crippen molar-refractivity contribution in [2.24, 2.45) is 0 Å². The maximum absolute atomic E-state index is 10.4. The van der Waals surface area contributed by atoms with Gasteiger partial charge in [0.1, 0.15) is 6.61 Å². The van der Waals surface area contributed by atoms with Crippen LogP contribution in [0.2, 0.25) is 0 Å². The lowest BCUT2D eigenvalue weighted by Gasteiger charge is -2.13. The first-order valence-corrected chi connectivity index (χ1v) is 4.32. The highest BCUT2D eigenvalue weighted by atomic mass is 16.7. The highest BCUT2D eigenvalue weighted by molar-refractivity contribution is 5.71. The van der Waals surface area contributed by atoms with Crippen molar-refractivity contribution in [3.05, 3.63) is 0 Å². The van der Waals surface area contributed by atoms with Crippen LogP contribution in [0.4, 0.5) is 0 Å². The van der Waals surface area contributed by atoms with E-state index in [0.29, 0.717) is 12.6 Å². The van der Waals surface area contributed by atoms with Crippen LogP contribution in [0.1, 0.15) is 20.8 Å². The fourth-order valence-electron chi connectivity index (χ4n) is 0.670. The minimum atomic E-state index is -0.603. The number of aliphatic hydroxyl groups excluding tert-OH is 1. The molecule has 1 atom stereocenters. The molecule has 0 heterocycles. The molecule has 0 fully saturated rings. The van der Waals surface area contributed by atoms with Gasteiger partial charge in [0.15, 0.2) is 0 Å². The Balaban J connectivity index is 3.29. The molecule has 0 aromatic heterocycles. The summed E-state index contributed by atoms with van der Waals surface area (Å²) in [5.41, 5.74) is 2.14. The van der Waals surface area contributed by atoms with E-state index in [1.54, 1.807) is 0 Å². The van der Waals surface area contributed by atoms with Crippen LogP contribution in [0.25, 0.3) is 0 Å². The summed E-state index contributed by atoms with van der Waals surface area (Å²) in [7, 11) is 0. The summed E-state index contributed by atoms with van der Waals surface area (Å²) in [6.45, 7) is 5.87. The van der Waals surface area contributed by atoms with E-state index >= 15 is 0 Å². The Kier molecular flexibility index (Phi) is 6.48. The van der Waals surface area contributed by atoms with Gasteiger partial charge in [-0.2, -0.15) is 0 Å². The van der Waals surface area contributed by atoms with E-state index < -0.39 is 6.10 Å². The van der Waals surface area contributed by atoms with Gasteiger partial charge in [-0.25, -0.2) is 5.48 Å². The molecule has 0 aromatic rings. The second kappa shape index (κ2) is 6.82. The molecule has 1 amide bonds. The van der Waals surface area contributed by atoms with Gasteiger partial charge in [0.05, 0.1) is 6.10 Å². The number of hydrogen-bond acceptors (Lipinski definition) is 4. The summed E-state index contributed by atoms with van der Waals surface area (Å²) >= 11 is 0. The first kappa shape index (κ1) is 12.3. The van der Waals surface area contributed by atoms with Gasteiger partial charge in [0.2, 0.25) is 5.91 Å². The molecule has 0 saturated carbocycles. The molecule has 0 radical (unpaired) electrons. The van der Waals surface area contributed by atoms with Gasteiger partial charge in [-0.15, -0.1) is 0 Å². The SMILES string of the molecule is CC(=O)NOCC(O)CNC(C)C. The minimum absolute atomic E-state index is 0.0965. The molecular formula is C8H18N2O3. The van der Waals surface area contributed by atoms with Crippen molar-refractivity contribution in [1.82, 2.24) is 10.8 Å². The van der Waals surface area contributed by atoms with Gasteiger partial charge in [0.25, 0.3) is 0 Å². The third-order valence-corrected chi connectivity index (χ3v) is 1.25.